The third-order valence-corrected chi connectivity index (χ3v) is 3.88. The zero-order valence-electron chi connectivity index (χ0n) is 10.3. The molecular weight excluding hydrogens is 300 g/mol. The van der Waals surface area contributed by atoms with Crippen molar-refractivity contribution in [3.8, 4) is 0 Å². The maximum atomic E-state index is 11.9. The van der Waals surface area contributed by atoms with Gasteiger partial charge in [0.05, 0.1) is 4.92 Å². The zero-order valence-corrected chi connectivity index (χ0v) is 11.9. The van der Waals surface area contributed by atoms with Gasteiger partial charge in [-0.3, -0.25) is 14.9 Å². The highest BCUT2D eigenvalue weighted by molar-refractivity contribution is 7.09. The summed E-state index contributed by atoms with van der Waals surface area (Å²) >= 11 is 7.39. The number of nitrogens with one attached hydrogen (secondary N) is 1. The molecule has 1 N–H and O–H groups in total. The van der Waals surface area contributed by atoms with Crippen LogP contribution in [0.15, 0.2) is 35.7 Å². The maximum Gasteiger partial charge on any atom is 0.287 e. The predicted molar refractivity (Wildman–Crippen MR) is 78.5 cm³/mol. The number of hydrogen-bond acceptors (Lipinski definition) is 4. The molecule has 20 heavy (non-hydrogen) atoms. The number of rotatable bonds is 5. The zero-order chi connectivity index (χ0) is 14.5. The Labute approximate surface area is 124 Å². The highest BCUT2D eigenvalue weighted by Crippen LogP contribution is 2.24. The molecule has 104 valence electrons. The first-order valence-electron chi connectivity index (χ1n) is 5.82. The highest BCUT2D eigenvalue weighted by Gasteiger charge is 2.14. The van der Waals surface area contributed by atoms with Gasteiger partial charge in [-0.1, -0.05) is 17.7 Å². The summed E-state index contributed by atoms with van der Waals surface area (Å²) in [5, 5.41) is 15.3. The van der Waals surface area contributed by atoms with Gasteiger partial charge in [-0.2, -0.15) is 0 Å². The molecule has 0 aliphatic heterocycles. The third-order valence-electron chi connectivity index (χ3n) is 2.64. The van der Waals surface area contributed by atoms with E-state index in [1.807, 2.05) is 17.5 Å². The van der Waals surface area contributed by atoms with E-state index in [2.05, 4.69) is 5.32 Å². The standard InChI is InChI=1S/C13H11ClN2O3S/c14-11-8-9(3-4-12(11)16(18)19)13(17)15-6-5-10-2-1-7-20-10/h1-4,7-8H,5-6H2,(H,15,17). The minimum atomic E-state index is -0.583. The van der Waals surface area contributed by atoms with Crippen LogP contribution in [0, 0.1) is 10.1 Å². The molecule has 0 saturated carbocycles. The van der Waals surface area contributed by atoms with Gasteiger partial charge in [-0.15, -0.1) is 11.3 Å². The Bertz CT molecular complexity index is 629. The highest BCUT2D eigenvalue weighted by atomic mass is 35.5. The predicted octanol–water partition coefficient (Wildman–Crippen LogP) is 3.28. The van der Waals surface area contributed by atoms with Crippen LogP contribution in [0.2, 0.25) is 5.02 Å². The van der Waals surface area contributed by atoms with Crippen LogP contribution in [0.1, 0.15) is 15.2 Å². The summed E-state index contributed by atoms with van der Waals surface area (Å²) in [5.74, 6) is -0.293. The molecule has 0 saturated heterocycles. The number of nitro benzene ring substituents is 1. The normalized spacial score (nSPS) is 10.2. The number of carbonyl (C=O) groups is 1. The second-order valence-corrected chi connectivity index (χ2v) is 5.45. The van der Waals surface area contributed by atoms with Crippen LogP contribution in [0.25, 0.3) is 0 Å². The summed E-state index contributed by atoms with van der Waals surface area (Å²) < 4.78 is 0. The number of nitrogens with zero attached hydrogens (tertiary/aromatic N) is 1. The van der Waals surface area contributed by atoms with Crippen LogP contribution in [-0.4, -0.2) is 17.4 Å². The molecule has 0 spiro atoms. The van der Waals surface area contributed by atoms with Gasteiger partial charge in [-0.25, -0.2) is 0 Å². The van der Waals surface area contributed by atoms with Crippen molar-refractivity contribution in [3.05, 3.63) is 61.3 Å². The summed E-state index contributed by atoms with van der Waals surface area (Å²) in [5.41, 5.74) is 0.105. The molecule has 1 aromatic carbocycles. The van der Waals surface area contributed by atoms with Gasteiger partial charge in [0.1, 0.15) is 5.02 Å². The molecule has 1 amide bonds. The van der Waals surface area contributed by atoms with E-state index >= 15 is 0 Å². The summed E-state index contributed by atoms with van der Waals surface area (Å²) in [6, 6.07) is 7.89. The van der Waals surface area contributed by atoms with E-state index < -0.39 is 4.92 Å². The minimum absolute atomic E-state index is 0.0408. The molecular formula is C13H11ClN2O3S. The molecule has 0 radical (unpaired) electrons. The third kappa shape index (κ3) is 3.55. The molecule has 0 atom stereocenters. The Morgan fingerprint density at radius 2 is 2.20 bits per heavy atom. The first kappa shape index (κ1) is 14.5. The van der Waals surface area contributed by atoms with Gasteiger partial charge < -0.3 is 5.32 Å². The fourth-order valence-corrected chi connectivity index (χ4v) is 2.61. The molecule has 1 aromatic heterocycles. The van der Waals surface area contributed by atoms with Crippen molar-refractivity contribution in [2.75, 3.05) is 6.54 Å². The number of amides is 1. The molecule has 0 aliphatic carbocycles. The van der Waals surface area contributed by atoms with E-state index in [9.17, 15) is 14.9 Å². The Hall–Kier alpha value is -1.92. The van der Waals surface area contributed by atoms with Gasteiger partial charge in [-0.05, 0) is 30.0 Å². The molecule has 5 nitrogen and oxygen atoms in total. The van der Waals surface area contributed by atoms with Crippen molar-refractivity contribution in [2.24, 2.45) is 0 Å². The van der Waals surface area contributed by atoms with Crippen LogP contribution in [0.4, 0.5) is 5.69 Å². The Morgan fingerprint density at radius 3 is 2.80 bits per heavy atom. The summed E-state index contributed by atoms with van der Waals surface area (Å²) in [6.45, 7) is 0.508. The first-order valence-corrected chi connectivity index (χ1v) is 7.08. The van der Waals surface area contributed by atoms with Crippen molar-refractivity contribution < 1.29 is 9.72 Å². The van der Waals surface area contributed by atoms with E-state index in [4.69, 9.17) is 11.6 Å². The number of halogens is 1. The molecule has 0 bridgehead atoms. The second kappa shape index (κ2) is 6.49. The molecule has 2 aromatic rings. The number of thiophene rings is 1. The van der Waals surface area contributed by atoms with Crippen LogP contribution in [0.5, 0.6) is 0 Å². The maximum absolute atomic E-state index is 11.9. The molecule has 0 fully saturated rings. The average molecular weight is 311 g/mol. The average Bonchev–Trinajstić information content (AvgIpc) is 2.91. The van der Waals surface area contributed by atoms with Crippen LogP contribution in [-0.2, 0) is 6.42 Å². The topological polar surface area (TPSA) is 72.2 Å². The monoisotopic (exact) mass is 310 g/mol. The number of hydrogen-bond donors (Lipinski definition) is 1. The Kier molecular flexibility index (Phi) is 4.70. The van der Waals surface area contributed by atoms with Crippen molar-refractivity contribution in [1.29, 1.82) is 0 Å². The molecule has 0 aliphatic rings. The smallest absolute Gasteiger partial charge is 0.287 e. The minimum Gasteiger partial charge on any atom is -0.352 e. The Balaban J connectivity index is 1.95. The molecule has 1 heterocycles. The van der Waals surface area contributed by atoms with E-state index in [-0.39, 0.29) is 16.6 Å². The SMILES string of the molecule is O=C(NCCc1cccs1)c1ccc([N+](=O)[O-])c(Cl)c1. The van der Waals surface area contributed by atoms with Crippen molar-refractivity contribution in [1.82, 2.24) is 5.32 Å². The van der Waals surface area contributed by atoms with E-state index in [0.717, 1.165) is 6.42 Å². The molecule has 0 unspecified atom stereocenters. The van der Waals surface area contributed by atoms with Gasteiger partial charge in [0.2, 0.25) is 0 Å². The fraction of sp³-hybridized carbons (Fsp3) is 0.154. The summed E-state index contributed by atoms with van der Waals surface area (Å²) in [6.07, 6.45) is 0.754. The lowest BCUT2D eigenvalue weighted by Gasteiger charge is -2.05. The fourth-order valence-electron chi connectivity index (χ4n) is 1.65. The van der Waals surface area contributed by atoms with E-state index in [0.29, 0.717) is 12.1 Å². The summed E-state index contributed by atoms with van der Waals surface area (Å²) in [4.78, 5) is 23.1. The second-order valence-electron chi connectivity index (χ2n) is 4.01. The largest absolute Gasteiger partial charge is 0.352 e. The van der Waals surface area contributed by atoms with Gasteiger partial charge in [0.15, 0.2) is 0 Å². The van der Waals surface area contributed by atoms with Gasteiger partial charge >= 0.3 is 0 Å². The van der Waals surface area contributed by atoms with Crippen LogP contribution in [0.3, 0.4) is 0 Å². The molecule has 7 heteroatoms. The van der Waals surface area contributed by atoms with Gasteiger partial charge in [0, 0.05) is 23.1 Å². The van der Waals surface area contributed by atoms with Crippen LogP contribution >= 0.6 is 22.9 Å². The lowest BCUT2D eigenvalue weighted by atomic mass is 10.2. The molecule has 2 rings (SSSR count). The number of benzene rings is 1. The van der Waals surface area contributed by atoms with Crippen molar-refractivity contribution in [2.45, 2.75) is 6.42 Å². The quantitative estimate of drug-likeness (QED) is 0.680. The van der Waals surface area contributed by atoms with E-state index in [1.165, 1.54) is 23.1 Å². The number of carbonyl (C=O) groups excluding carboxylic acids is 1. The van der Waals surface area contributed by atoms with E-state index in [1.54, 1.807) is 11.3 Å². The first-order chi connectivity index (χ1) is 9.58. The Morgan fingerprint density at radius 1 is 1.40 bits per heavy atom. The summed E-state index contributed by atoms with van der Waals surface area (Å²) in [7, 11) is 0. The van der Waals surface area contributed by atoms with Crippen molar-refractivity contribution >= 4 is 34.5 Å². The lowest BCUT2D eigenvalue weighted by molar-refractivity contribution is -0.384. The lowest BCUT2D eigenvalue weighted by Crippen LogP contribution is -2.25. The van der Waals surface area contributed by atoms with Crippen LogP contribution < -0.4 is 5.32 Å². The van der Waals surface area contributed by atoms with Crippen molar-refractivity contribution in [3.63, 3.8) is 0 Å². The van der Waals surface area contributed by atoms with Gasteiger partial charge in [0.25, 0.3) is 11.6 Å². The number of nitro groups is 1.